The van der Waals surface area contributed by atoms with Crippen molar-refractivity contribution >= 4 is 23.2 Å². The van der Waals surface area contributed by atoms with Crippen molar-refractivity contribution in [3.05, 3.63) is 71.0 Å². The number of ether oxygens (including phenoxy) is 1. The van der Waals surface area contributed by atoms with Gasteiger partial charge in [0.25, 0.3) is 11.8 Å². The van der Waals surface area contributed by atoms with Crippen LogP contribution in [0.15, 0.2) is 54.7 Å². The molecule has 3 aromatic rings. The summed E-state index contributed by atoms with van der Waals surface area (Å²) in [6.07, 6.45) is 4.15. The second kappa shape index (κ2) is 10.6. The summed E-state index contributed by atoms with van der Waals surface area (Å²) in [7, 11) is 0. The highest BCUT2D eigenvalue weighted by atomic mass is 32.1. The van der Waals surface area contributed by atoms with Crippen molar-refractivity contribution in [1.82, 2.24) is 15.2 Å². The first-order chi connectivity index (χ1) is 16.1. The summed E-state index contributed by atoms with van der Waals surface area (Å²) in [5.41, 5.74) is 1.18. The zero-order valence-corrected chi connectivity index (χ0v) is 19.2. The summed E-state index contributed by atoms with van der Waals surface area (Å²) in [4.78, 5) is 31.8. The van der Waals surface area contributed by atoms with Crippen molar-refractivity contribution in [2.45, 2.75) is 32.2 Å². The van der Waals surface area contributed by atoms with Gasteiger partial charge in [-0.05, 0) is 37.5 Å². The van der Waals surface area contributed by atoms with Gasteiger partial charge in [-0.25, -0.2) is 9.37 Å². The fourth-order valence-electron chi connectivity index (χ4n) is 3.86. The van der Waals surface area contributed by atoms with E-state index in [1.165, 1.54) is 12.3 Å². The maximum Gasteiger partial charge on any atom is 0.263 e. The zero-order chi connectivity index (χ0) is 23.2. The van der Waals surface area contributed by atoms with Crippen molar-refractivity contribution in [2.75, 3.05) is 19.7 Å². The number of nitrogens with zero attached hydrogens (tertiary/aromatic N) is 2. The summed E-state index contributed by atoms with van der Waals surface area (Å²) < 4.78 is 19.9. The average molecular weight is 468 g/mol. The van der Waals surface area contributed by atoms with Crippen molar-refractivity contribution in [3.63, 3.8) is 0 Å². The minimum absolute atomic E-state index is 0.0234. The van der Waals surface area contributed by atoms with Crippen LogP contribution in [0.25, 0.3) is 10.6 Å². The van der Waals surface area contributed by atoms with E-state index in [0.717, 1.165) is 42.8 Å². The number of carbonyl (C=O) groups excluding carboxylic acids is 2. The average Bonchev–Trinajstić information content (AvgIpc) is 3.54. The van der Waals surface area contributed by atoms with Gasteiger partial charge in [0.05, 0.1) is 12.2 Å². The lowest BCUT2D eigenvalue weighted by Crippen LogP contribution is -2.32. The molecule has 1 aliphatic heterocycles. The molecule has 1 aliphatic rings. The molecule has 1 unspecified atom stereocenters. The normalized spacial score (nSPS) is 14.2. The number of aromatic nitrogens is 1. The maximum absolute atomic E-state index is 14.1. The molecule has 0 spiro atoms. The number of para-hydroxylation sites is 1. The van der Waals surface area contributed by atoms with Crippen molar-refractivity contribution in [1.29, 1.82) is 0 Å². The van der Waals surface area contributed by atoms with Crippen LogP contribution in [-0.4, -0.2) is 41.4 Å². The van der Waals surface area contributed by atoms with E-state index in [4.69, 9.17) is 4.74 Å². The molecule has 1 aromatic heterocycles. The Morgan fingerprint density at radius 1 is 1.15 bits per heavy atom. The molecular weight excluding hydrogens is 441 g/mol. The van der Waals surface area contributed by atoms with Gasteiger partial charge in [-0.2, -0.15) is 0 Å². The second-order valence-electron chi connectivity index (χ2n) is 7.86. The van der Waals surface area contributed by atoms with E-state index in [9.17, 15) is 14.0 Å². The third kappa shape index (κ3) is 5.39. The molecule has 2 aromatic carbocycles. The van der Waals surface area contributed by atoms with E-state index in [1.54, 1.807) is 18.2 Å². The number of hydrogen-bond donors (Lipinski definition) is 1. The van der Waals surface area contributed by atoms with Crippen LogP contribution in [-0.2, 0) is 4.79 Å². The Hall–Kier alpha value is -3.26. The van der Waals surface area contributed by atoms with Crippen LogP contribution in [0.4, 0.5) is 4.39 Å². The molecule has 1 atom stereocenters. The molecule has 0 saturated carbocycles. The smallest absolute Gasteiger partial charge is 0.263 e. The van der Waals surface area contributed by atoms with Crippen LogP contribution >= 0.6 is 11.3 Å². The van der Waals surface area contributed by atoms with Gasteiger partial charge in [0.1, 0.15) is 21.5 Å². The second-order valence-corrected chi connectivity index (χ2v) is 8.89. The summed E-state index contributed by atoms with van der Waals surface area (Å²) >= 11 is 1.14. The number of likely N-dealkylation sites (tertiary alicyclic amines) is 1. The first-order valence-corrected chi connectivity index (χ1v) is 11.9. The van der Waals surface area contributed by atoms with E-state index in [2.05, 4.69) is 10.3 Å². The minimum Gasteiger partial charge on any atom is -0.483 e. The van der Waals surface area contributed by atoms with Gasteiger partial charge >= 0.3 is 0 Å². The summed E-state index contributed by atoms with van der Waals surface area (Å²) in [5, 5.41) is 3.48. The topological polar surface area (TPSA) is 71.5 Å². The fraction of sp³-hybridized carbons (Fsp3) is 0.320. The Morgan fingerprint density at radius 3 is 2.64 bits per heavy atom. The van der Waals surface area contributed by atoms with Crippen molar-refractivity contribution < 1.29 is 18.7 Å². The number of thiazole rings is 1. The van der Waals surface area contributed by atoms with Gasteiger partial charge < -0.3 is 15.0 Å². The van der Waals surface area contributed by atoms with E-state index in [1.807, 2.05) is 36.1 Å². The Balaban J connectivity index is 1.45. The number of carbonyl (C=O) groups is 2. The van der Waals surface area contributed by atoms with Gasteiger partial charge in [-0.3, -0.25) is 9.59 Å². The molecule has 1 saturated heterocycles. The number of benzene rings is 2. The number of halogens is 1. The Kier molecular flexibility index (Phi) is 7.34. The van der Waals surface area contributed by atoms with Crippen molar-refractivity contribution in [3.8, 4) is 16.3 Å². The fourth-order valence-corrected chi connectivity index (χ4v) is 4.71. The number of nitrogens with one attached hydrogen (secondary N) is 1. The molecule has 0 radical (unpaired) electrons. The van der Waals surface area contributed by atoms with Gasteiger partial charge in [-0.15, -0.1) is 11.3 Å². The molecule has 6 nitrogen and oxygen atoms in total. The number of rotatable bonds is 8. The lowest BCUT2D eigenvalue weighted by Gasteiger charge is -2.21. The number of amides is 2. The van der Waals surface area contributed by atoms with E-state index in [-0.39, 0.29) is 30.3 Å². The molecule has 33 heavy (non-hydrogen) atoms. The quantitative estimate of drug-likeness (QED) is 0.515. The Morgan fingerprint density at radius 2 is 1.88 bits per heavy atom. The predicted molar refractivity (Wildman–Crippen MR) is 126 cm³/mol. The summed E-state index contributed by atoms with van der Waals surface area (Å²) in [6, 6.07) is 13.5. The van der Waals surface area contributed by atoms with Crippen LogP contribution in [0, 0.1) is 5.82 Å². The van der Waals surface area contributed by atoms with E-state index >= 15 is 0 Å². The van der Waals surface area contributed by atoms with E-state index in [0.29, 0.717) is 27.6 Å². The molecule has 0 bridgehead atoms. The first-order valence-electron chi connectivity index (χ1n) is 11.1. The summed E-state index contributed by atoms with van der Waals surface area (Å²) in [5.74, 6) is -0.108. The first kappa shape index (κ1) is 22.9. The molecule has 2 amide bonds. The third-order valence-corrected chi connectivity index (χ3v) is 6.68. The third-order valence-electron chi connectivity index (χ3n) is 5.65. The number of hydrogen-bond acceptors (Lipinski definition) is 5. The SMILES string of the molecule is CCC(NC(=O)c1cnc(-c2ccccc2F)s1)c1ccccc1OCC(=O)N1CCCC1. The molecule has 2 heterocycles. The minimum atomic E-state index is -0.375. The molecule has 8 heteroatoms. The van der Waals surface area contributed by atoms with Crippen LogP contribution < -0.4 is 10.1 Å². The van der Waals surface area contributed by atoms with Gasteiger partial charge in [0.2, 0.25) is 0 Å². The molecular formula is C25H26FN3O3S. The highest BCUT2D eigenvalue weighted by Gasteiger charge is 2.22. The van der Waals surface area contributed by atoms with Gasteiger partial charge in [0, 0.05) is 24.2 Å². The maximum atomic E-state index is 14.1. The lowest BCUT2D eigenvalue weighted by atomic mass is 10.0. The highest BCUT2D eigenvalue weighted by Crippen LogP contribution is 2.30. The lowest BCUT2D eigenvalue weighted by molar-refractivity contribution is -0.132. The molecule has 1 N–H and O–H groups in total. The van der Waals surface area contributed by atoms with Crippen LogP contribution in [0.3, 0.4) is 0 Å². The van der Waals surface area contributed by atoms with Crippen molar-refractivity contribution in [2.24, 2.45) is 0 Å². The molecule has 1 fully saturated rings. The van der Waals surface area contributed by atoms with Gasteiger partial charge in [-0.1, -0.05) is 37.3 Å². The molecule has 0 aliphatic carbocycles. The monoisotopic (exact) mass is 467 g/mol. The molecule has 4 rings (SSSR count). The van der Waals surface area contributed by atoms with Crippen LogP contribution in [0.1, 0.15) is 47.5 Å². The standard InChI is InChI=1S/C25H26FN3O3S/c1-2-20(18-10-4-6-12-21(18)32-16-23(30)29-13-7-8-14-29)28-24(31)22-15-27-25(33-22)17-9-3-5-11-19(17)26/h3-6,9-12,15,20H,2,7-8,13-14,16H2,1H3,(H,28,31). The van der Waals surface area contributed by atoms with Crippen LogP contribution in [0.5, 0.6) is 5.75 Å². The Bertz CT molecular complexity index is 1130. The van der Waals surface area contributed by atoms with Crippen LogP contribution in [0.2, 0.25) is 0 Å². The highest BCUT2D eigenvalue weighted by molar-refractivity contribution is 7.16. The zero-order valence-electron chi connectivity index (χ0n) is 18.4. The van der Waals surface area contributed by atoms with E-state index < -0.39 is 0 Å². The molecule has 172 valence electrons. The summed E-state index contributed by atoms with van der Waals surface area (Å²) in [6.45, 7) is 3.50. The van der Waals surface area contributed by atoms with Gasteiger partial charge in [0.15, 0.2) is 6.61 Å². The predicted octanol–water partition coefficient (Wildman–Crippen LogP) is 4.83. The Labute approximate surface area is 196 Å². The largest absolute Gasteiger partial charge is 0.483 e.